The molecule has 1 fully saturated rings. The molecule has 1 aliphatic carbocycles. The van der Waals surface area contributed by atoms with Gasteiger partial charge in [-0.05, 0) is 58.5 Å². The number of halogens is 2. The Morgan fingerprint density at radius 3 is 2.82 bits per heavy atom. The minimum Gasteiger partial charge on any atom is -0.379 e. The molecule has 182 valence electrons. The SMILES string of the molecule is CN(C)CCCS(=O)(=O)NC[C@H]1CC[C@@H]2[C@H](O1)c1cc(Br)cc(F)c1N[C@H]2C1C=CC=CC1. The summed E-state index contributed by atoms with van der Waals surface area (Å²) >= 11 is 3.42. The summed E-state index contributed by atoms with van der Waals surface area (Å²) in [5.41, 5.74) is 1.30. The lowest BCUT2D eigenvalue weighted by Crippen LogP contribution is -2.48. The minimum atomic E-state index is -3.36. The molecule has 1 saturated heterocycles. The Bertz CT molecular complexity index is 1010. The van der Waals surface area contributed by atoms with Gasteiger partial charge in [0, 0.05) is 34.5 Å². The van der Waals surface area contributed by atoms with Gasteiger partial charge in [0.1, 0.15) is 5.82 Å². The van der Waals surface area contributed by atoms with E-state index in [1.807, 2.05) is 31.1 Å². The number of fused-ring (bicyclic) bond motifs is 3. The molecular formula is C24H33BrFN3O3S. The normalized spacial score (nSPS) is 28.9. The lowest BCUT2D eigenvalue weighted by atomic mass is 9.73. The maximum absolute atomic E-state index is 14.9. The van der Waals surface area contributed by atoms with Crippen molar-refractivity contribution >= 4 is 31.6 Å². The van der Waals surface area contributed by atoms with Crippen LogP contribution < -0.4 is 10.0 Å². The van der Waals surface area contributed by atoms with Gasteiger partial charge in [-0.3, -0.25) is 0 Å². The van der Waals surface area contributed by atoms with Crippen LogP contribution in [0.25, 0.3) is 0 Å². The third-order valence-corrected chi connectivity index (χ3v) is 8.63. The molecule has 0 bridgehead atoms. The molecule has 1 unspecified atom stereocenters. The van der Waals surface area contributed by atoms with Crippen molar-refractivity contribution in [3.63, 3.8) is 0 Å². The average molecular weight is 543 g/mol. The molecule has 0 aromatic heterocycles. The zero-order valence-electron chi connectivity index (χ0n) is 19.1. The van der Waals surface area contributed by atoms with Crippen LogP contribution in [0.3, 0.4) is 0 Å². The lowest BCUT2D eigenvalue weighted by molar-refractivity contribution is -0.0925. The highest BCUT2D eigenvalue weighted by atomic mass is 79.9. The maximum Gasteiger partial charge on any atom is 0.211 e. The summed E-state index contributed by atoms with van der Waals surface area (Å²) < 4.78 is 49.7. The van der Waals surface area contributed by atoms with Crippen LogP contribution in [0.15, 0.2) is 40.9 Å². The molecule has 3 aliphatic rings. The molecule has 1 aromatic carbocycles. The minimum absolute atomic E-state index is 0.0584. The molecule has 33 heavy (non-hydrogen) atoms. The second-order valence-electron chi connectivity index (χ2n) is 9.48. The van der Waals surface area contributed by atoms with Gasteiger partial charge in [0.05, 0.1) is 23.6 Å². The van der Waals surface area contributed by atoms with Gasteiger partial charge in [0.25, 0.3) is 0 Å². The van der Waals surface area contributed by atoms with Gasteiger partial charge in [-0.1, -0.05) is 40.2 Å². The van der Waals surface area contributed by atoms with Gasteiger partial charge in [0.2, 0.25) is 10.0 Å². The van der Waals surface area contributed by atoms with Gasteiger partial charge in [-0.25, -0.2) is 17.5 Å². The van der Waals surface area contributed by atoms with Crippen molar-refractivity contribution in [2.24, 2.45) is 11.8 Å². The van der Waals surface area contributed by atoms with Crippen LogP contribution in [0.2, 0.25) is 0 Å². The number of nitrogens with one attached hydrogen (secondary N) is 2. The van der Waals surface area contributed by atoms with E-state index in [1.165, 1.54) is 6.07 Å². The Balaban J connectivity index is 1.49. The van der Waals surface area contributed by atoms with E-state index < -0.39 is 10.0 Å². The number of benzene rings is 1. The van der Waals surface area contributed by atoms with E-state index in [-0.39, 0.29) is 48.2 Å². The molecule has 0 spiro atoms. The second-order valence-corrected chi connectivity index (χ2v) is 12.3. The Morgan fingerprint density at radius 2 is 2.09 bits per heavy atom. The van der Waals surface area contributed by atoms with Gasteiger partial charge in [0.15, 0.2) is 0 Å². The summed E-state index contributed by atoms with van der Waals surface area (Å²) in [5, 5.41) is 3.49. The molecular weight excluding hydrogens is 509 g/mol. The van der Waals surface area contributed by atoms with E-state index in [0.29, 0.717) is 16.6 Å². The Morgan fingerprint density at radius 1 is 1.27 bits per heavy atom. The van der Waals surface area contributed by atoms with Crippen molar-refractivity contribution in [2.75, 3.05) is 38.3 Å². The first-order valence-corrected chi connectivity index (χ1v) is 14.0. The molecule has 2 heterocycles. The highest BCUT2D eigenvalue weighted by Gasteiger charge is 2.44. The highest BCUT2D eigenvalue weighted by molar-refractivity contribution is 9.10. The fourth-order valence-electron chi connectivity index (χ4n) is 5.13. The number of allylic oxidation sites excluding steroid dienone is 3. The fourth-order valence-corrected chi connectivity index (χ4v) is 6.67. The van der Waals surface area contributed by atoms with E-state index in [4.69, 9.17) is 4.74 Å². The molecule has 1 aromatic rings. The predicted molar refractivity (Wildman–Crippen MR) is 133 cm³/mol. The lowest BCUT2D eigenvalue weighted by Gasteiger charge is -2.47. The van der Waals surface area contributed by atoms with E-state index in [0.717, 1.165) is 31.4 Å². The molecule has 9 heteroatoms. The number of ether oxygens (including phenoxy) is 1. The second kappa shape index (κ2) is 10.6. The maximum atomic E-state index is 14.9. The molecule has 4 rings (SSSR count). The number of nitrogens with zero attached hydrogens (tertiary/aromatic N) is 1. The molecule has 0 saturated carbocycles. The van der Waals surface area contributed by atoms with E-state index in [2.05, 4.69) is 44.2 Å². The molecule has 0 radical (unpaired) electrons. The summed E-state index contributed by atoms with van der Waals surface area (Å²) in [5.74, 6) is 0.234. The molecule has 0 amide bonds. The largest absolute Gasteiger partial charge is 0.379 e. The van der Waals surface area contributed by atoms with Crippen LogP contribution in [0.1, 0.15) is 37.4 Å². The van der Waals surface area contributed by atoms with Crippen molar-refractivity contribution in [1.29, 1.82) is 0 Å². The van der Waals surface area contributed by atoms with Crippen LogP contribution in [-0.2, 0) is 14.8 Å². The first-order chi connectivity index (χ1) is 15.7. The fraction of sp³-hybridized carbons (Fsp3) is 0.583. The molecule has 5 atom stereocenters. The Kier molecular flexibility index (Phi) is 7.95. The van der Waals surface area contributed by atoms with Crippen molar-refractivity contribution in [3.8, 4) is 0 Å². The predicted octanol–water partition coefficient (Wildman–Crippen LogP) is 4.22. The monoisotopic (exact) mass is 541 g/mol. The number of anilines is 1. The topological polar surface area (TPSA) is 70.7 Å². The van der Waals surface area contributed by atoms with Crippen LogP contribution in [0.4, 0.5) is 10.1 Å². The van der Waals surface area contributed by atoms with Crippen LogP contribution in [0, 0.1) is 17.7 Å². The van der Waals surface area contributed by atoms with Crippen molar-refractivity contribution in [1.82, 2.24) is 9.62 Å². The summed E-state index contributed by atoms with van der Waals surface area (Å²) in [7, 11) is 0.494. The Labute approximate surface area is 204 Å². The molecule has 2 aliphatic heterocycles. The summed E-state index contributed by atoms with van der Waals surface area (Å²) in [4.78, 5) is 1.97. The standard InChI is InChI=1S/C24H33BrFN3O3S/c1-29(2)11-6-12-33(30,31)27-15-18-9-10-19-22(16-7-4-3-5-8-16)28-23-20(24(19)32-18)13-17(25)14-21(23)26/h3-5,7,13-14,16,18-19,22,24,27-28H,6,8-12,15H2,1-2H3/t16?,18-,19+,22+,24+/m1/s1. The van der Waals surface area contributed by atoms with Crippen molar-refractivity contribution < 1.29 is 17.5 Å². The zero-order valence-corrected chi connectivity index (χ0v) is 21.5. The summed E-state index contributed by atoms with van der Waals surface area (Å²) in [6.07, 6.45) is 11.0. The van der Waals surface area contributed by atoms with E-state index in [1.54, 1.807) is 0 Å². The third-order valence-electron chi connectivity index (χ3n) is 6.74. The highest BCUT2D eigenvalue weighted by Crippen LogP contribution is 2.49. The van der Waals surface area contributed by atoms with Crippen molar-refractivity contribution in [2.45, 2.75) is 43.9 Å². The molecule has 2 N–H and O–H groups in total. The van der Waals surface area contributed by atoms with Gasteiger partial charge in [-0.2, -0.15) is 0 Å². The first kappa shape index (κ1) is 24.9. The smallest absolute Gasteiger partial charge is 0.211 e. The van der Waals surface area contributed by atoms with Crippen LogP contribution in [-0.4, -0.2) is 58.4 Å². The zero-order chi connectivity index (χ0) is 23.6. The summed E-state index contributed by atoms with van der Waals surface area (Å²) in [6.45, 7) is 0.963. The number of rotatable bonds is 8. The molecule has 6 nitrogen and oxygen atoms in total. The quantitative estimate of drug-likeness (QED) is 0.515. The Hall–Kier alpha value is -1.26. The van der Waals surface area contributed by atoms with Crippen LogP contribution in [0.5, 0.6) is 0 Å². The van der Waals surface area contributed by atoms with E-state index in [9.17, 15) is 12.8 Å². The van der Waals surface area contributed by atoms with Crippen LogP contribution >= 0.6 is 15.9 Å². The van der Waals surface area contributed by atoms with E-state index >= 15 is 0 Å². The number of hydrogen-bond donors (Lipinski definition) is 2. The average Bonchev–Trinajstić information content (AvgIpc) is 2.77. The third kappa shape index (κ3) is 6.06. The summed E-state index contributed by atoms with van der Waals surface area (Å²) in [6, 6.07) is 3.45. The number of sulfonamides is 1. The van der Waals surface area contributed by atoms with Gasteiger partial charge >= 0.3 is 0 Å². The van der Waals surface area contributed by atoms with Crippen molar-refractivity contribution in [3.05, 3.63) is 52.3 Å². The number of hydrogen-bond acceptors (Lipinski definition) is 5. The van der Waals surface area contributed by atoms with Gasteiger partial charge in [-0.15, -0.1) is 0 Å². The first-order valence-electron chi connectivity index (χ1n) is 11.6. The van der Waals surface area contributed by atoms with Gasteiger partial charge < -0.3 is 15.0 Å².